The molecule has 1 aliphatic rings. The second-order valence-electron chi connectivity index (χ2n) is 7.73. The molecule has 4 nitrogen and oxygen atoms in total. The number of benzene rings is 1. The molecule has 0 spiro atoms. The normalized spacial score (nSPS) is 14.3. The van der Waals surface area contributed by atoms with E-state index in [1.165, 1.54) is 12.1 Å². The maximum absolute atomic E-state index is 12.7. The lowest BCUT2D eigenvalue weighted by molar-refractivity contribution is -0.137. The highest BCUT2D eigenvalue weighted by Crippen LogP contribution is 2.31. The van der Waals surface area contributed by atoms with Crippen molar-refractivity contribution in [3.05, 3.63) is 88.7 Å². The number of pyridine rings is 1. The highest BCUT2D eigenvalue weighted by atomic mass is 32.1. The Hall–Kier alpha value is -3.10. The second-order valence-corrected chi connectivity index (χ2v) is 8.68. The SMILES string of the molecule is FC(F)(F)c1ccc(-c2ccc(CN3CCc4nc(-c5cccs5)ncc4C3)cn2)cc1. The van der Waals surface area contributed by atoms with E-state index in [-0.39, 0.29) is 0 Å². The number of fused-ring (bicyclic) bond motifs is 1. The van der Waals surface area contributed by atoms with Gasteiger partial charge in [0.25, 0.3) is 0 Å². The van der Waals surface area contributed by atoms with Crippen LogP contribution >= 0.6 is 11.3 Å². The van der Waals surface area contributed by atoms with E-state index >= 15 is 0 Å². The fourth-order valence-corrected chi connectivity index (χ4v) is 4.48. The van der Waals surface area contributed by atoms with Crippen LogP contribution in [-0.4, -0.2) is 26.4 Å². The van der Waals surface area contributed by atoms with E-state index in [1.54, 1.807) is 17.5 Å². The van der Waals surface area contributed by atoms with Crippen LogP contribution in [0.5, 0.6) is 0 Å². The van der Waals surface area contributed by atoms with Crippen molar-refractivity contribution in [2.75, 3.05) is 6.54 Å². The van der Waals surface area contributed by atoms with Crippen LogP contribution in [0.1, 0.15) is 22.4 Å². The first-order valence-corrected chi connectivity index (χ1v) is 11.1. The third-order valence-electron chi connectivity index (χ3n) is 5.49. The first kappa shape index (κ1) is 20.8. The Labute approximate surface area is 187 Å². The first-order chi connectivity index (χ1) is 15.5. The zero-order valence-corrected chi connectivity index (χ0v) is 17.8. The minimum atomic E-state index is -4.33. The molecule has 0 unspecified atom stereocenters. The lowest BCUT2D eigenvalue weighted by Gasteiger charge is -2.28. The number of nitrogens with zero attached hydrogens (tertiary/aromatic N) is 4. The van der Waals surface area contributed by atoms with E-state index in [9.17, 15) is 13.2 Å². The highest BCUT2D eigenvalue weighted by molar-refractivity contribution is 7.13. The summed E-state index contributed by atoms with van der Waals surface area (Å²) in [6, 6.07) is 12.9. The second kappa shape index (κ2) is 8.44. The summed E-state index contributed by atoms with van der Waals surface area (Å²) in [6.45, 7) is 2.42. The Balaban J connectivity index is 1.25. The Morgan fingerprint density at radius 1 is 0.969 bits per heavy atom. The zero-order chi connectivity index (χ0) is 22.1. The number of halogens is 3. The highest BCUT2D eigenvalue weighted by Gasteiger charge is 2.30. The molecule has 4 aromatic rings. The Morgan fingerprint density at radius 2 is 1.81 bits per heavy atom. The summed E-state index contributed by atoms with van der Waals surface area (Å²) in [5.74, 6) is 0.787. The molecule has 5 rings (SSSR count). The molecule has 0 saturated heterocycles. The first-order valence-electron chi connectivity index (χ1n) is 10.2. The molecule has 8 heteroatoms. The number of alkyl halides is 3. The topological polar surface area (TPSA) is 41.9 Å². The summed E-state index contributed by atoms with van der Waals surface area (Å²) in [6.07, 6.45) is 0.251. The molecule has 0 aliphatic carbocycles. The molecule has 162 valence electrons. The van der Waals surface area contributed by atoms with Gasteiger partial charge in [0.15, 0.2) is 5.82 Å². The lowest BCUT2D eigenvalue weighted by atomic mass is 10.1. The maximum atomic E-state index is 12.7. The van der Waals surface area contributed by atoms with Crippen LogP contribution in [0.2, 0.25) is 0 Å². The summed E-state index contributed by atoms with van der Waals surface area (Å²) in [7, 11) is 0. The van der Waals surface area contributed by atoms with E-state index in [1.807, 2.05) is 35.8 Å². The third kappa shape index (κ3) is 4.42. The molecule has 0 atom stereocenters. The molecule has 0 bridgehead atoms. The minimum absolute atomic E-state index is 0.654. The van der Waals surface area contributed by atoms with Crippen molar-refractivity contribution in [3.8, 4) is 22.0 Å². The maximum Gasteiger partial charge on any atom is 0.416 e. The lowest BCUT2D eigenvalue weighted by Crippen LogP contribution is -2.31. The van der Waals surface area contributed by atoms with Crippen LogP contribution in [0.15, 0.2) is 66.3 Å². The smallest absolute Gasteiger partial charge is 0.294 e. The van der Waals surface area contributed by atoms with Gasteiger partial charge in [0.05, 0.1) is 21.8 Å². The summed E-state index contributed by atoms with van der Waals surface area (Å²) in [4.78, 5) is 17.1. The van der Waals surface area contributed by atoms with Gasteiger partial charge in [-0.2, -0.15) is 13.2 Å². The molecule has 0 radical (unpaired) electrons. The van der Waals surface area contributed by atoms with Gasteiger partial charge in [0.2, 0.25) is 0 Å². The Kier molecular flexibility index (Phi) is 5.48. The van der Waals surface area contributed by atoms with E-state index in [2.05, 4.69) is 14.9 Å². The van der Waals surface area contributed by atoms with Gasteiger partial charge in [-0.05, 0) is 35.2 Å². The predicted octanol–water partition coefficient (Wildman–Crippen LogP) is 5.84. The standard InChI is InChI=1S/C24H19F3N4S/c25-24(26,27)19-6-4-17(5-7-19)20-8-3-16(12-28-20)14-31-10-9-21-18(15-31)13-29-23(30-21)22-2-1-11-32-22/h1-8,11-13H,9-10,14-15H2. The fourth-order valence-electron chi connectivity index (χ4n) is 3.81. The number of aromatic nitrogens is 3. The van der Waals surface area contributed by atoms with Crippen molar-refractivity contribution in [3.63, 3.8) is 0 Å². The van der Waals surface area contributed by atoms with Crippen LogP contribution in [0.3, 0.4) is 0 Å². The number of thiophene rings is 1. The van der Waals surface area contributed by atoms with Crippen molar-refractivity contribution in [2.24, 2.45) is 0 Å². The van der Waals surface area contributed by atoms with Gasteiger partial charge in [0, 0.05) is 49.6 Å². The van der Waals surface area contributed by atoms with E-state index in [4.69, 9.17) is 4.98 Å². The van der Waals surface area contributed by atoms with Gasteiger partial charge in [-0.25, -0.2) is 9.97 Å². The summed E-state index contributed by atoms with van der Waals surface area (Å²) >= 11 is 1.64. The van der Waals surface area contributed by atoms with Crippen LogP contribution in [0, 0.1) is 0 Å². The van der Waals surface area contributed by atoms with Crippen LogP contribution < -0.4 is 0 Å². The van der Waals surface area contributed by atoms with Crippen molar-refractivity contribution < 1.29 is 13.2 Å². The Morgan fingerprint density at radius 3 is 2.50 bits per heavy atom. The molecule has 0 fully saturated rings. The van der Waals surface area contributed by atoms with Crippen molar-refractivity contribution in [1.82, 2.24) is 19.9 Å². The summed E-state index contributed by atoms with van der Waals surface area (Å²) in [5.41, 5.74) is 3.97. The molecular formula is C24H19F3N4S. The van der Waals surface area contributed by atoms with Gasteiger partial charge in [-0.1, -0.05) is 24.3 Å². The molecule has 4 heterocycles. The van der Waals surface area contributed by atoms with Gasteiger partial charge in [-0.15, -0.1) is 11.3 Å². The molecule has 0 saturated carbocycles. The number of rotatable bonds is 4. The third-order valence-corrected chi connectivity index (χ3v) is 6.36. The fraction of sp³-hybridized carbons (Fsp3) is 0.208. The molecule has 3 aromatic heterocycles. The average Bonchev–Trinajstić information content (AvgIpc) is 3.34. The predicted molar refractivity (Wildman–Crippen MR) is 118 cm³/mol. The quantitative estimate of drug-likeness (QED) is 0.390. The van der Waals surface area contributed by atoms with E-state index < -0.39 is 11.7 Å². The van der Waals surface area contributed by atoms with Gasteiger partial charge in [-0.3, -0.25) is 9.88 Å². The number of hydrogen-bond donors (Lipinski definition) is 0. The molecule has 0 amide bonds. The Bertz CT molecular complexity index is 1200. The largest absolute Gasteiger partial charge is 0.416 e. The molecular weight excluding hydrogens is 433 g/mol. The van der Waals surface area contributed by atoms with E-state index in [0.717, 1.165) is 65.7 Å². The molecule has 0 N–H and O–H groups in total. The summed E-state index contributed by atoms with van der Waals surface area (Å²) < 4.78 is 38.2. The summed E-state index contributed by atoms with van der Waals surface area (Å²) in [5, 5.41) is 2.02. The average molecular weight is 453 g/mol. The van der Waals surface area contributed by atoms with Gasteiger partial charge >= 0.3 is 6.18 Å². The zero-order valence-electron chi connectivity index (χ0n) is 17.0. The van der Waals surface area contributed by atoms with Gasteiger partial charge in [0.1, 0.15) is 0 Å². The molecule has 1 aromatic carbocycles. The van der Waals surface area contributed by atoms with Crippen LogP contribution in [0.4, 0.5) is 13.2 Å². The van der Waals surface area contributed by atoms with Crippen LogP contribution in [-0.2, 0) is 25.7 Å². The molecule has 1 aliphatic heterocycles. The van der Waals surface area contributed by atoms with Crippen molar-refractivity contribution in [1.29, 1.82) is 0 Å². The van der Waals surface area contributed by atoms with Crippen LogP contribution in [0.25, 0.3) is 22.0 Å². The molecule has 32 heavy (non-hydrogen) atoms. The van der Waals surface area contributed by atoms with Crippen molar-refractivity contribution in [2.45, 2.75) is 25.7 Å². The number of hydrogen-bond acceptors (Lipinski definition) is 5. The van der Waals surface area contributed by atoms with Gasteiger partial charge < -0.3 is 0 Å². The minimum Gasteiger partial charge on any atom is -0.294 e. The van der Waals surface area contributed by atoms with E-state index in [0.29, 0.717) is 11.3 Å². The van der Waals surface area contributed by atoms with Crippen molar-refractivity contribution >= 4 is 11.3 Å². The monoisotopic (exact) mass is 452 g/mol.